The Labute approximate surface area is 176 Å². The zero-order chi connectivity index (χ0) is 21.3. The first-order valence-electron chi connectivity index (χ1n) is 10.4. The highest BCUT2D eigenvalue weighted by Crippen LogP contribution is 2.22. The van der Waals surface area contributed by atoms with Crippen LogP contribution in [0.15, 0.2) is 53.1 Å². The number of nitrogens with zero attached hydrogens (tertiary/aromatic N) is 3. The average molecular weight is 410 g/mol. The van der Waals surface area contributed by atoms with Gasteiger partial charge >= 0.3 is 0 Å². The maximum Gasteiger partial charge on any atom is 0.181 e. The minimum absolute atomic E-state index is 0.157. The van der Waals surface area contributed by atoms with E-state index in [9.17, 15) is 9.18 Å². The fourth-order valence-corrected chi connectivity index (χ4v) is 4.26. The third kappa shape index (κ3) is 4.05. The number of hydrogen-bond donors (Lipinski definition) is 0. The van der Waals surface area contributed by atoms with Crippen LogP contribution in [0.4, 0.5) is 10.1 Å². The molecule has 0 amide bonds. The van der Waals surface area contributed by atoms with Crippen LogP contribution in [0.1, 0.15) is 34.4 Å². The Balaban J connectivity index is 1.42. The zero-order valence-electron chi connectivity index (χ0n) is 17.8. The number of anilines is 1. The first-order valence-corrected chi connectivity index (χ1v) is 10.4. The minimum atomic E-state index is -0.221. The van der Waals surface area contributed by atoms with Crippen LogP contribution in [0.3, 0.4) is 0 Å². The van der Waals surface area contributed by atoms with Gasteiger partial charge in [0, 0.05) is 48.8 Å². The molecule has 3 aromatic rings. The van der Waals surface area contributed by atoms with E-state index in [1.807, 2.05) is 51.1 Å². The molecule has 0 bridgehead atoms. The van der Waals surface area contributed by atoms with E-state index in [0.29, 0.717) is 6.54 Å². The zero-order valence-corrected chi connectivity index (χ0v) is 17.8. The molecular weight excluding hydrogens is 381 g/mol. The molecule has 0 unspecified atom stereocenters. The van der Waals surface area contributed by atoms with E-state index in [4.69, 9.17) is 4.42 Å². The Bertz CT molecular complexity index is 1000. The van der Waals surface area contributed by atoms with E-state index < -0.39 is 0 Å². The van der Waals surface area contributed by atoms with Gasteiger partial charge in [0.15, 0.2) is 5.78 Å². The summed E-state index contributed by atoms with van der Waals surface area (Å²) in [4.78, 5) is 17.8. The Morgan fingerprint density at radius 1 is 1.10 bits per heavy atom. The van der Waals surface area contributed by atoms with Crippen molar-refractivity contribution in [3.63, 3.8) is 0 Å². The molecular formula is C24H28FN3O2. The maximum absolute atomic E-state index is 13.3. The number of aromatic nitrogens is 1. The SMILES string of the molecule is Cc1cc(C(=O)[C@H](C)N2CCN(c3ccc(F)cc3)CC2)c(C)n1Cc1ccco1. The molecule has 1 aliphatic rings. The average Bonchev–Trinajstić information content (AvgIpc) is 3.37. The lowest BCUT2D eigenvalue weighted by Gasteiger charge is -2.38. The fraction of sp³-hybridized carbons (Fsp3) is 0.375. The van der Waals surface area contributed by atoms with E-state index in [-0.39, 0.29) is 17.6 Å². The number of aryl methyl sites for hydroxylation is 1. The van der Waals surface area contributed by atoms with Crippen LogP contribution in [-0.4, -0.2) is 47.5 Å². The first kappa shape index (κ1) is 20.4. The van der Waals surface area contributed by atoms with Crippen molar-refractivity contribution >= 4 is 11.5 Å². The van der Waals surface area contributed by atoms with E-state index in [0.717, 1.165) is 54.6 Å². The summed E-state index contributed by atoms with van der Waals surface area (Å²) >= 11 is 0. The van der Waals surface area contributed by atoms with Crippen molar-refractivity contribution in [3.05, 3.63) is 77.3 Å². The van der Waals surface area contributed by atoms with Gasteiger partial charge in [0.2, 0.25) is 0 Å². The molecule has 0 N–H and O–H groups in total. The molecule has 1 saturated heterocycles. The lowest BCUT2D eigenvalue weighted by molar-refractivity contribution is 0.0829. The number of furan rings is 1. The van der Waals surface area contributed by atoms with Gasteiger partial charge in [-0.2, -0.15) is 0 Å². The topological polar surface area (TPSA) is 41.6 Å². The number of benzene rings is 1. The van der Waals surface area contributed by atoms with Gasteiger partial charge in [-0.3, -0.25) is 9.69 Å². The van der Waals surface area contributed by atoms with Crippen LogP contribution in [0, 0.1) is 19.7 Å². The first-order chi connectivity index (χ1) is 14.4. The van der Waals surface area contributed by atoms with Crippen molar-refractivity contribution in [3.8, 4) is 0 Å². The molecule has 1 fully saturated rings. The number of carbonyl (C=O) groups excluding carboxylic acids is 1. The highest BCUT2D eigenvalue weighted by Gasteiger charge is 2.28. The summed E-state index contributed by atoms with van der Waals surface area (Å²) in [6, 6.07) is 12.2. The molecule has 30 heavy (non-hydrogen) atoms. The summed E-state index contributed by atoms with van der Waals surface area (Å²) in [5, 5.41) is 0. The molecule has 6 heteroatoms. The third-order valence-corrected chi connectivity index (χ3v) is 6.17. The molecule has 1 aliphatic heterocycles. The van der Waals surface area contributed by atoms with E-state index in [1.165, 1.54) is 12.1 Å². The molecule has 5 nitrogen and oxygen atoms in total. The molecule has 0 saturated carbocycles. The molecule has 0 aliphatic carbocycles. The Morgan fingerprint density at radius 3 is 2.43 bits per heavy atom. The molecule has 4 rings (SSSR count). The number of rotatable bonds is 6. The summed E-state index contributed by atoms with van der Waals surface area (Å²) in [5.74, 6) is 0.811. The van der Waals surface area contributed by atoms with Gasteiger partial charge in [-0.1, -0.05) is 0 Å². The highest BCUT2D eigenvalue weighted by atomic mass is 19.1. The second-order valence-corrected chi connectivity index (χ2v) is 7.99. The summed E-state index contributed by atoms with van der Waals surface area (Å²) in [5.41, 5.74) is 3.84. The quantitative estimate of drug-likeness (QED) is 0.570. The summed E-state index contributed by atoms with van der Waals surface area (Å²) in [7, 11) is 0. The molecule has 1 aromatic carbocycles. The van der Waals surface area contributed by atoms with Crippen molar-refractivity contribution in [2.24, 2.45) is 0 Å². The van der Waals surface area contributed by atoms with Crippen molar-refractivity contribution in [1.29, 1.82) is 0 Å². The molecule has 3 heterocycles. The smallest absolute Gasteiger partial charge is 0.181 e. The van der Waals surface area contributed by atoms with Crippen LogP contribution in [0.2, 0.25) is 0 Å². The van der Waals surface area contributed by atoms with Crippen LogP contribution in [0.5, 0.6) is 0 Å². The summed E-state index contributed by atoms with van der Waals surface area (Å²) < 4.78 is 20.8. The lowest BCUT2D eigenvalue weighted by Crippen LogP contribution is -2.51. The van der Waals surface area contributed by atoms with Crippen LogP contribution >= 0.6 is 0 Å². The summed E-state index contributed by atoms with van der Waals surface area (Å²) in [6.07, 6.45) is 1.67. The summed E-state index contributed by atoms with van der Waals surface area (Å²) in [6.45, 7) is 9.89. The maximum atomic E-state index is 13.3. The predicted octanol–water partition coefficient (Wildman–Crippen LogP) is 4.28. The standard InChI is InChI=1S/C24H28FN3O2/c1-17-15-23(18(2)28(17)16-22-5-4-14-30-22)24(29)19(3)26-10-12-27(13-11-26)21-8-6-20(25)7-9-21/h4-9,14-15,19H,10-13,16H2,1-3H3/t19-/m0/s1. The van der Waals surface area contributed by atoms with Gasteiger partial charge in [-0.05, 0) is 63.2 Å². The van der Waals surface area contributed by atoms with Crippen LogP contribution < -0.4 is 4.90 Å². The van der Waals surface area contributed by atoms with Gasteiger partial charge in [0.05, 0.1) is 18.8 Å². The molecule has 158 valence electrons. The van der Waals surface area contributed by atoms with Crippen molar-refractivity contribution < 1.29 is 13.6 Å². The van der Waals surface area contributed by atoms with E-state index in [2.05, 4.69) is 14.4 Å². The Kier molecular flexibility index (Phi) is 5.77. The molecule has 0 spiro atoms. The monoisotopic (exact) mass is 409 g/mol. The van der Waals surface area contributed by atoms with Gasteiger partial charge < -0.3 is 13.9 Å². The fourth-order valence-electron chi connectivity index (χ4n) is 4.26. The number of Topliss-reactive ketones (excluding diaryl/α,β-unsaturated/α-hetero) is 1. The van der Waals surface area contributed by atoms with Crippen LogP contribution in [0.25, 0.3) is 0 Å². The third-order valence-electron chi connectivity index (χ3n) is 6.17. The highest BCUT2D eigenvalue weighted by molar-refractivity contribution is 6.01. The van der Waals surface area contributed by atoms with Crippen LogP contribution in [-0.2, 0) is 6.54 Å². The largest absolute Gasteiger partial charge is 0.467 e. The predicted molar refractivity (Wildman–Crippen MR) is 116 cm³/mol. The van der Waals surface area contributed by atoms with Gasteiger partial charge in [-0.25, -0.2) is 4.39 Å². The minimum Gasteiger partial charge on any atom is -0.467 e. The number of piperazine rings is 1. The lowest BCUT2D eigenvalue weighted by atomic mass is 10.0. The molecule has 1 atom stereocenters. The Hall–Kier alpha value is -2.86. The van der Waals surface area contributed by atoms with Gasteiger partial charge in [0.25, 0.3) is 0 Å². The van der Waals surface area contributed by atoms with E-state index >= 15 is 0 Å². The van der Waals surface area contributed by atoms with Crippen molar-refractivity contribution in [2.75, 3.05) is 31.1 Å². The van der Waals surface area contributed by atoms with Gasteiger partial charge in [0.1, 0.15) is 11.6 Å². The number of hydrogen-bond acceptors (Lipinski definition) is 4. The van der Waals surface area contributed by atoms with Gasteiger partial charge in [-0.15, -0.1) is 0 Å². The normalized spacial score (nSPS) is 16.1. The Morgan fingerprint density at radius 2 is 1.80 bits per heavy atom. The van der Waals surface area contributed by atoms with Crippen molar-refractivity contribution in [1.82, 2.24) is 9.47 Å². The molecule has 2 aromatic heterocycles. The van der Waals surface area contributed by atoms with E-state index in [1.54, 1.807) is 6.26 Å². The number of carbonyl (C=O) groups is 1. The number of halogens is 1. The second-order valence-electron chi connectivity index (χ2n) is 7.99. The van der Waals surface area contributed by atoms with Crippen molar-refractivity contribution in [2.45, 2.75) is 33.4 Å². The molecule has 0 radical (unpaired) electrons. The second kappa shape index (κ2) is 8.48. The number of ketones is 1.